The van der Waals surface area contributed by atoms with E-state index in [0.717, 1.165) is 18.7 Å². The van der Waals surface area contributed by atoms with Crippen molar-refractivity contribution in [2.75, 3.05) is 31.1 Å². The molecule has 0 spiro atoms. The second-order valence-corrected chi connectivity index (χ2v) is 8.71. The minimum absolute atomic E-state index is 0.0929. The van der Waals surface area contributed by atoms with Crippen LogP contribution in [0.3, 0.4) is 0 Å². The Morgan fingerprint density at radius 3 is 2.45 bits per heavy atom. The Labute approximate surface area is 182 Å². The zero-order valence-electron chi connectivity index (χ0n) is 16.8. The lowest BCUT2D eigenvalue weighted by Crippen LogP contribution is -2.46. The summed E-state index contributed by atoms with van der Waals surface area (Å²) in [5.74, 6) is 1.96. The van der Waals surface area contributed by atoms with Gasteiger partial charge in [0.1, 0.15) is 17.2 Å². The molecule has 0 N–H and O–H groups in total. The molecule has 6 nitrogen and oxygen atoms in total. The maximum atomic E-state index is 14.0. The van der Waals surface area contributed by atoms with Crippen molar-refractivity contribution in [1.82, 2.24) is 24.5 Å². The van der Waals surface area contributed by atoms with Crippen LogP contribution in [-0.2, 0) is 19.1 Å². The monoisotopic (exact) mass is 450 g/mol. The van der Waals surface area contributed by atoms with E-state index >= 15 is 0 Å². The van der Waals surface area contributed by atoms with Crippen LogP contribution in [0.5, 0.6) is 0 Å². The number of pyridine rings is 2. The fourth-order valence-corrected chi connectivity index (χ4v) is 4.25. The Hall–Kier alpha value is -2.39. The van der Waals surface area contributed by atoms with Gasteiger partial charge in [-0.05, 0) is 42.5 Å². The molecule has 0 amide bonds. The number of halogens is 4. The van der Waals surface area contributed by atoms with E-state index in [4.69, 9.17) is 11.6 Å². The first-order valence-corrected chi connectivity index (χ1v) is 10.8. The van der Waals surface area contributed by atoms with E-state index in [9.17, 15) is 13.2 Å². The van der Waals surface area contributed by atoms with Gasteiger partial charge in [-0.3, -0.25) is 9.30 Å². The number of nitrogens with zero attached hydrogens (tertiary/aromatic N) is 6. The van der Waals surface area contributed by atoms with E-state index in [1.807, 2.05) is 11.0 Å². The Kier molecular flexibility index (Phi) is 5.26. The Morgan fingerprint density at radius 1 is 1.03 bits per heavy atom. The summed E-state index contributed by atoms with van der Waals surface area (Å²) in [4.78, 5) is 8.48. The van der Waals surface area contributed by atoms with Crippen LogP contribution in [0.2, 0.25) is 5.02 Å². The summed E-state index contributed by atoms with van der Waals surface area (Å²) in [5, 5.41) is 8.56. The van der Waals surface area contributed by atoms with Crippen molar-refractivity contribution in [1.29, 1.82) is 0 Å². The van der Waals surface area contributed by atoms with Gasteiger partial charge < -0.3 is 4.90 Å². The third kappa shape index (κ3) is 4.34. The molecule has 0 aromatic carbocycles. The van der Waals surface area contributed by atoms with Crippen LogP contribution in [0.15, 0.2) is 30.6 Å². The van der Waals surface area contributed by atoms with E-state index < -0.39 is 11.7 Å². The van der Waals surface area contributed by atoms with Crippen molar-refractivity contribution in [3.8, 4) is 0 Å². The molecule has 0 radical (unpaired) electrons. The Morgan fingerprint density at radius 2 is 1.81 bits per heavy atom. The maximum Gasteiger partial charge on any atom is 0.420 e. The van der Waals surface area contributed by atoms with Gasteiger partial charge >= 0.3 is 6.18 Å². The molecule has 1 saturated heterocycles. The minimum Gasteiger partial charge on any atom is -0.354 e. The van der Waals surface area contributed by atoms with E-state index in [1.165, 1.54) is 4.40 Å². The smallest absolute Gasteiger partial charge is 0.354 e. The molecule has 0 unspecified atom stereocenters. The summed E-state index contributed by atoms with van der Waals surface area (Å²) in [7, 11) is 0. The average molecular weight is 451 g/mol. The normalized spacial score (nSPS) is 18.1. The first-order chi connectivity index (χ1) is 14.9. The molecular formula is C21H22ClF3N6. The van der Waals surface area contributed by atoms with Crippen molar-refractivity contribution >= 4 is 23.1 Å². The van der Waals surface area contributed by atoms with Gasteiger partial charge in [-0.25, -0.2) is 4.98 Å². The number of piperazine rings is 1. The molecule has 31 heavy (non-hydrogen) atoms. The van der Waals surface area contributed by atoms with Gasteiger partial charge in [0.15, 0.2) is 5.65 Å². The first kappa shape index (κ1) is 20.5. The van der Waals surface area contributed by atoms with Crippen LogP contribution >= 0.6 is 11.6 Å². The van der Waals surface area contributed by atoms with Gasteiger partial charge in [-0.1, -0.05) is 11.6 Å². The molecule has 164 valence electrons. The predicted molar refractivity (Wildman–Crippen MR) is 111 cm³/mol. The molecule has 4 heterocycles. The average Bonchev–Trinajstić information content (AvgIpc) is 3.47. The van der Waals surface area contributed by atoms with Gasteiger partial charge in [-0.15, -0.1) is 10.2 Å². The van der Waals surface area contributed by atoms with Crippen molar-refractivity contribution < 1.29 is 13.2 Å². The van der Waals surface area contributed by atoms with Crippen molar-refractivity contribution in [3.05, 3.63) is 52.6 Å². The molecule has 1 saturated carbocycles. The topological polar surface area (TPSA) is 49.6 Å². The van der Waals surface area contributed by atoms with Crippen LogP contribution in [0.25, 0.3) is 5.65 Å². The van der Waals surface area contributed by atoms with Crippen molar-refractivity contribution in [2.45, 2.75) is 32.0 Å². The number of fused-ring (bicyclic) bond motifs is 1. The van der Waals surface area contributed by atoms with Crippen LogP contribution in [0.4, 0.5) is 19.0 Å². The van der Waals surface area contributed by atoms with E-state index in [-0.39, 0.29) is 17.8 Å². The number of aromatic nitrogens is 4. The van der Waals surface area contributed by atoms with Crippen molar-refractivity contribution in [2.24, 2.45) is 5.92 Å². The van der Waals surface area contributed by atoms with Crippen LogP contribution < -0.4 is 4.90 Å². The standard InChI is InChI=1S/C21H22ClF3N6/c22-16-3-4-17(26-12-16)30-9-7-29(8-10-30)13-15-5-6-31-18(11-14-1-2-14)27-28-20(31)19(15)21(23,24)25/h3-6,12,14H,1-2,7-11,13H2. The SMILES string of the molecule is FC(F)(F)c1c(CN2CCN(c3ccc(Cl)cn3)CC2)ccn2c(CC3CC3)nnc12. The predicted octanol–water partition coefficient (Wildman–Crippen LogP) is 4.07. The first-order valence-electron chi connectivity index (χ1n) is 10.4. The second-order valence-electron chi connectivity index (χ2n) is 8.27. The third-order valence-corrected chi connectivity index (χ3v) is 6.21. The van der Waals surface area contributed by atoms with E-state index in [0.29, 0.717) is 49.4 Å². The van der Waals surface area contributed by atoms with Crippen LogP contribution in [0, 0.1) is 5.92 Å². The highest BCUT2D eigenvalue weighted by molar-refractivity contribution is 6.30. The van der Waals surface area contributed by atoms with Crippen LogP contribution in [-0.4, -0.2) is 50.7 Å². The minimum atomic E-state index is -4.49. The molecule has 0 atom stereocenters. The number of anilines is 1. The fraction of sp³-hybridized carbons (Fsp3) is 0.476. The highest BCUT2D eigenvalue weighted by Gasteiger charge is 2.38. The Bertz CT molecular complexity index is 1070. The fourth-order valence-electron chi connectivity index (χ4n) is 4.13. The molecular weight excluding hydrogens is 429 g/mol. The highest BCUT2D eigenvalue weighted by Crippen LogP contribution is 2.37. The highest BCUT2D eigenvalue weighted by atomic mass is 35.5. The lowest BCUT2D eigenvalue weighted by Gasteiger charge is -2.35. The lowest BCUT2D eigenvalue weighted by atomic mass is 10.1. The molecule has 2 fully saturated rings. The van der Waals surface area contributed by atoms with Gasteiger partial charge in [0.05, 0.1) is 5.02 Å². The number of hydrogen-bond donors (Lipinski definition) is 0. The molecule has 1 aliphatic heterocycles. The summed E-state index contributed by atoms with van der Waals surface area (Å²) in [6.07, 6.45) is 1.69. The van der Waals surface area contributed by atoms with E-state index in [2.05, 4.69) is 20.1 Å². The molecule has 2 aliphatic rings. The molecule has 10 heteroatoms. The number of alkyl halides is 3. The largest absolute Gasteiger partial charge is 0.420 e. The summed E-state index contributed by atoms with van der Waals surface area (Å²) in [6.45, 7) is 2.89. The zero-order valence-corrected chi connectivity index (χ0v) is 17.6. The lowest BCUT2D eigenvalue weighted by molar-refractivity contribution is -0.137. The van der Waals surface area contributed by atoms with Crippen LogP contribution in [0.1, 0.15) is 29.8 Å². The summed E-state index contributed by atoms with van der Waals surface area (Å²) >= 11 is 5.89. The summed E-state index contributed by atoms with van der Waals surface area (Å²) in [5.41, 5.74) is -0.528. The van der Waals surface area contributed by atoms with Gasteiger partial charge in [0.25, 0.3) is 0 Å². The summed E-state index contributed by atoms with van der Waals surface area (Å²) in [6, 6.07) is 5.22. The molecule has 3 aromatic rings. The summed E-state index contributed by atoms with van der Waals surface area (Å²) < 4.78 is 43.5. The Balaban J connectivity index is 1.34. The molecule has 0 bridgehead atoms. The van der Waals surface area contributed by atoms with Crippen molar-refractivity contribution in [3.63, 3.8) is 0 Å². The molecule has 3 aromatic heterocycles. The molecule has 5 rings (SSSR count). The van der Waals surface area contributed by atoms with Gasteiger partial charge in [0, 0.05) is 51.5 Å². The maximum absolute atomic E-state index is 14.0. The third-order valence-electron chi connectivity index (χ3n) is 5.99. The zero-order chi connectivity index (χ0) is 21.6. The number of rotatable bonds is 5. The van der Waals surface area contributed by atoms with E-state index in [1.54, 1.807) is 24.5 Å². The second kappa shape index (κ2) is 7.94. The van der Waals surface area contributed by atoms with Gasteiger partial charge in [-0.2, -0.15) is 13.2 Å². The number of hydrogen-bond acceptors (Lipinski definition) is 5. The molecule has 1 aliphatic carbocycles. The quantitative estimate of drug-likeness (QED) is 0.586. The van der Waals surface area contributed by atoms with Gasteiger partial charge in [0.2, 0.25) is 0 Å².